The topological polar surface area (TPSA) is 51.2 Å². The lowest BCUT2D eigenvalue weighted by Gasteiger charge is -2.13. The number of aryl methyl sites for hydroxylation is 3. The molecule has 98 valence electrons. The number of hydrogen-bond donors (Lipinski definition) is 1. The Bertz CT molecular complexity index is 545. The summed E-state index contributed by atoms with van der Waals surface area (Å²) in [5.74, 6) is 1.49. The van der Waals surface area contributed by atoms with Crippen LogP contribution in [0.25, 0.3) is 0 Å². The minimum absolute atomic E-state index is 0.481. The lowest BCUT2D eigenvalue weighted by molar-refractivity contribution is 0.205. The second kappa shape index (κ2) is 5.16. The van der Waals surface area contributed by atoms with E-state index in [1.54, 1.807) is 10.9 Å². The number of halogens is 1. The molecular weight excluding hydrogens is 252 g/mol. The van der Waals surface area contributed by atoms with Gasteiger partial charge in [-0.3, -0.25) is 4.68 Å². The van der Waals surface area contributed by atoms with E-state index in [1.807, 2.05) is 19.9 Å². The zero-order valence-electron chi connectivity index (χ0n) is 10.8. The van der Waals surface area contributed by atoms with Gasteiger partial charge < -0.3 is 9.52 Å². The minimum Gasteiger partial charge on any atom is -0.466 e. The fourth-order valence-electron chi connectivity index (χ4n) is 2.10. The Kier molecular flexibility index (Phi) is 3.78. The molecule has 0 amide bonds. The summed E-state index contributed by atoms with van der Waals surface area (Å²) < 4.78 is 7.19. The monoisotopic (exact) mass is 268 g/mol. The first-order valence-electron chi connectivity index (χ1n) is 6.00. The van der Waals surface area contributed by atoms with Gasteiger partial charge >= 0.3 is 0 Å². The number of rotatable bonds is 4. The van der Waals surface area contributed by atoms with Gasteiger partial charge in [0.2, 0.25) is 0 Å². The van der Waals surface area contributed by atoms with E-state index in [0.717, 1.165) is 24.3 Å². The summed E-state index contributed by atoms with van der Waals surface area (Å²) in [6, 6.07) is 1.83. The molecule has 4 nitrogen and oxygen atoms in total. The molecule has 5 heteroatoms. The Hall–Kier alpha value is -1.26. The third-order valence-electron chi connectivity index (χ3n) is 2.90. The zero-order valence-corrected chi connectivity index (χ0v) is 11.5. The van der Waals surface area contributed by atoms with Crippen molar-refractivity contribution in [3.05, 3.63) is 40.1 Å². The summed E-state index contributed by atoms with van der Waals surface area (Å²) in [7, 11) is 0. The Morgan fingerprint density at radius 1 is 1.50 bits per heavy atom. The second-order valence-corrected chi connectivity index (χ2v) is 4.78. The Morgan fingerprint density at radius 2 is 2.22 bits per heavy atom. The molecule has 0 saturated heterocycles. The molecule has 1 unspecified atom stereocenters. The van der Waals surface area contributed by atoms with Gasteiger partial charge in [-0.25, -0.2) is 0 Å². The van der Waals surface area contributed by atoms with Crippen molar-refractivity contribution >= 4 is 11.6 Å². The maximum absolute atomic E-state index is 10.5. The van der Waals surface area contributed by atoms with Gasteiger partial charge in [0.15, 0.2) is 0 Å². The number of hydrogen-bond acceptors (Lipinski definition) is 3. The molecule has 1 N–H and O–H groups in total. The van der Waals surface area contributed by atoms with Crippen LogP contribution in [0.15, 0.2) is 16.7 Å². The van der Waals surface area contributed by atoms with Gasteiger partial charge in [0.05, 0.1) is 16.9 Å². The van der Waals surface area contributed by atoms with Crippen LogP contribution in [0.4, 0.5) is 0 Å². The van der Waals surface area contributed by atoms with Gasteiger partial charge in [0.1, 0.15) is 17.6 Å². The number of aromatic nitrogens is 2. The Balaban J connectivity index is 2.42. The molecule has 0 saturated carbocycles. The van der Waals surface area contributed by atoms with Crippen molar-refractivity contribution < 1.29 is 9.52 Å². The quantitative estimate of drug-likeness (QED) is 0.926. The Labute approximate surface area is 111 Å². The molecule has 0 radical (unpaired) electrons. The SMILES string of the molecule is CCCn1ncc(Cl)c1C(O)c1cc(C)oc1C. The van der Waals surface area contributed by atoms with Crippen molar-refractivity contribution in [2.24, 2.45) is 0 Å². The van der Waals surface area contributed by atoms with Crippen LogP contribution in [0.5, 0.6) is 0 Å². The molecule has 0 aliphatic rings. The molecule has 2 aromatic rings. The molecule has 1 atom stereocenters. The number of nitrogens with zero attached hydrogens (tertiary/aromatic N) is 2. The summed E-state index contributed by atoms with van der Waals surface area (Å²) in [6.45, 7) is 6.47. The summed E-state index contributed by atoms with van der Waals surface area (Å²) in [4.78, 5) is 0. The third kappa shape index (κ3) is 2.31. The molecule has 18 heavy (non-hydrogen) atoms. The number of aliphatic hydroxyl groups excluding tert-OH is 1. The smallest absolute Gasteiger partial charge is 0.126 e. The van der Waals surface area contributed by atoms with Crippen LogP contribution in [0, 0.1) is 13.8 Å². The van der Waals surface area contributed by atoms with Gasteiger partial charge in [0, 0.05) is 12.1 Å². The minimum atomic E-state index is -0.802. The third-order valence-corrected chi connectivity index (χ3v) is 3.19. The summed E-state index contributed by atoms with van der Waals surface area (Å²) in [5, 5.41) is 15.1. The van der Waals surface area contributed by atoms with Crippen molar-refractivity contribution in [2.45, 2.75) is 39.8 Å². The van der Waals surface area contributed by atoms with Crippen LogP contribution in [0.3, 0.4) is 0 Å². The average molecular weight is 269 g/mol. The summed E-state index contributed by atoms with van der Waals surface area (Å²) in [5.41, 5.74) is 1.37. The largest absolute Gasteiger partial charge is 0.466 e. The predicted octanol–water partition coefficient (Wildman–Crippen LogP) is 3.24. The van der Waals surface area contributed by atoms with E-state index in [9.17, 15) is 5.11 Å². The molecule has 0 aliphatic carbocycles. The fourth-order valence-corrected chi connectivity index (χ4v) is 2.35. The first-order chi connectivity index (χ1) is 8.54. The van der Waals surface area contributed by atoms with Gasteiger partial charge in [0.25, 0.3) is 0 Å². The fraction of sp³-hybridized carbons (Fsp3) is 0.462. The normalized spacial score (nSPS) is 12.9. The van der Waals surface area contributed by atoms with E-state index in [0.29, 0.717) is 16.5 Å². The van der Waals surface area contributed by atoms with Gasteiger partial charge in [-0.05, 0) is 26.3 Å². The van der Waals surface area contributed by atoms with Crippen molar-refractivity contribution in [1.29, 1.82) is 0 Å². The highest BCUT2D eigenvalue weighted by Gasteiger charge is 2.23. The molecule has 0 fully saturated rings. The number of aliphatic hydroxyl groups is 1. The van der Waals surface area contributed by atoms with E-state index >= 15 is 0 Å². The Morgan fingerprint density at radius 3 is 2.78 bits per heavy atom. The highest BCUT2D eigenvalue weighted by atomic mass is 35.5. The van der Waals surface area contributed by atoms with Crippen molar-refractivity contribution in [3.63, 3.8) is 0 Å². The molecule has 0 bridgehead atoms. The predicted molar refractivity (Wildman–Crippen MR) is 69.8 cm³/mol. The maximum atomic E-state index is 10.5. The molecular formula is C13H17ClN2O2. The molecule has 0 aromatic carbocycles. The molecule has 0 spiro atoms. The van der Waals surface area contributed by atoms with Crippen LogP contribution in [0.1, 0.15) is 42.2 Å². The molecule has 2 heterocycles. The van der Waals surface area contributed by atoms with Crippen LogP contribution in [-0.2, 0) is 6.54 Å². The van der Waals surface area contributed by atoms with Crippen molar-refractivity contribution in [2.75, 3.05) is 0 Å². The van der Waals surface area contributed by atoms with Crippen LogP contribution in [-0.4, -0.2) is 14.9 Å². The number of furan rings is 1. The highest BCUT2D eigenvalue weighted by Crippen LogP contribution is 2.31. The van der Waals surface area contributed by atoms with E-state index < -0.39 is 6.10 Å². The van der Waals surface area contributed by atoms with Gasteiger partial charge in [-0.2, -0.15) is 5.10 Å². The highest BCUT2D eigenvalue weighted by molar-refractivity contribution is 6.31. The summed E-state index contributed by atoms with van der Waals surface area (Å²) >= 11 is 6.11. The second-order valence-electron chi connectivity index (χ2n) is 4.37. The molecule has 0 aliphatic heterocycles. The van der Waals surface area contributed by atoms with E-state index in [1.165, 1.54) is 0 Å². The maximum Gasteiger partial charge on any atom is 0.126 e. The standard InChI is InChI=1S/C13H17ClN2O2/c1-4-5-16-12(11(14)7-15-16)13(17)10-6-8(2)18-9(10)3/h6-7,13,17H,4-5H2,1-3H3. The molecule has 2 rings (SSSR count). The van der Waals surface area contributed by atoms with Crippen molar-refractivity contribution in [3.8, 4) is 0 Å². The van der Waals surface area contributed by atoms with Gasteiger partial charge in [-0.15, -0.1) is 0 Å². The summed E-state index contributed by atoms with van der Waals surface area (Å²) in [6.07, 6.45) is 1.70. The van der Waals surface area contributed by atoms with E-state index in [4.69, 9.17) is 16.0 Å². The van der Waals surface area contributed by atoms with Crippen molar-refractivity contribution in [1.82, 2.24) is 9.78 Å². The van der Waals surface area contributed by atoms with Crippen LogP contribution in [0.2, 0.25) is 5.02 Å². The lowest BCUT2D eigenvalue weighted by Crippen LogP contribution is -2.10. The average Bonchev–Trinajstić information content (AvgIpc) is 2.82. The van der Waals surface area contributed by atoms with E-state index in [2.05, 4.69) is 12.0 Å². The zero-order chi connectivity index (χ0) is 13.3. The van der Waals surface area contributed by atoms with Crippen LogP contribution < -0.4 is 0 Å². The first-order valence-corrected chi connectivity index (χ1v) is 6.38. The lowest BCUT2D eigenvalue weighted by atomic mass is 10.1. The van der Waals surface area contributed by atoms with E-state index in [-0.39, 0.29) is 0 Å². The van der Waals surface area contributed by atoms with Crippen LogP contribution >= 0.6 is 11.6 Å². The first kappa shape index (κ1) is 13.2. The molecule has 2 aromatic heterocycles. The van der Waals surface area contributed by atoms with Gasteiger partial charge in [-0.1, -0.05) is 18.5 Å².